The summed E-state index contributed by atoms with van der Waals surface area (Å²) in [5, 5.41) is 9.72. The van der Waals surface area contributed by atoms with Crippen molar-refractivity contribution < 1.29 is 5.11 Å². The van der Waals surface area contributed by atoms with E-state index in [2.05, 4.69) is 4.98 Å². The fraction of sp³-hybridized carbons (Fsp3) is 0.417. The molecule has 2 aromatic heterocycles. The smallest absolute Gasteiger partial charge is 0.141 e. The molecule has 0 unspecified atom stereocenters. The SMILES string of the molecule is NCC1(c2ncc3c(O)cccn23)CCC1. The van der Waals surface area contributed by atoms with Crippen LogP contribution in [0.2, 0.25) is 0 Å². The third-order valence-electron chi connectivity index (χ3n) is 3.72. The normalized spacial score (nSPS) is 18.6. The van der Waals surface area contributed by atoms with Crippen LogP contribution < -0.4 is 5.73 Å². The van der Waals surface area contributed by atoms with Crippen molar-refractivity contribution in [2.45, 2.75) is 24.7 Å². The maximum atomic E-state index is 9.72. The van der Waals surface area contributed by atoms with Gasteiger partial charge in [0, 0.05) is 18.2 Å². The van der Waals surface area contributed by atoms with Crippen LogP contribution in [0.25, 0.3) is 5.52 Å². The van der Waals surface area contributed by atoms with Crippen LogP contribution in [0.1, 0.15) is 25.1 Å². The Morgan fingerprint density at radius 3 is 2.94 bits per heavy atom. The largest absolute Gasteiger partial charge is 0.506 e. The standard InChI is InChI=1S/C12H15N3O/c13-8-12(4-2-5-12)11-14-7-9-10(16)3-1-6-15(9)11/h1,3,6-7,16H,2,4-5,8,13H2. The number of hydrogen-bond acceptors (Lipinski definition) is 3. The summed E-state index contributed by atoms with van der Waals surface area (Å²) >= 11 is 0. The van der Waals surface area contributed by atoms with Crippen LogP contribution in [0.3, 0.4) is 0 Å². The first-order chi connectivity index (χ1) is 7.77. The minimum atomic E-state index is 0.0280. The molecule has 1 saturated carbocycles. The van der Waals surface area contributed by atoms with Crippen molar-refractivity contribution in [3.8, 4) is 5.75 Å². The molecule has 0 aliphatic heterocycles. The first-order valence-electron chi connectivity index (χ1n) is 5.62. The average molecular weight is 217 g/mol. The maximum Gasteiger partial charge on any atom is 0.141 e. The van der Waals surface area contributed by atoms with E-state index in [0.717, 1.165) is 24.2 Å². The van der Waals surface area contributed by atoms with Crippen LogP contribution in [-0.2, 0) is 5.41 Å². The van der Waals surface area contributed by atoms with Crippen molar-refractivity contribution in [3.63, 3.8) is 0 Å². The second-order valence-electron chi connectivity index (χ2n) is 4.57. The van der Waals surface area contributed by atoms with Gasteiger partial charge in [-0.05, 0) is 25.0 Å². The molecule has 0 amide bonds. The number of hydrogen-bond donors (Lipinski definition) is 2. The third kappa shape index (κ3) is 1.10. The van der Waals surface area contributed by atoms with Gasteiger partial charge in [0.05, 0.1) is 6.20 Å². The number of imidazole rings is 1. The van der Waals surface area contributed by atoms with E-state index in [1.165, 1.54) is 6.42 Å². The van der Waals surface area contributed by atoms with Gasteiger partial charge in [0.1, 0.15) is 17.1 Å². The Labute approximate surface area is 93.7 Å². The zero-order valence-corrected chi connectivity index (χ0v) is 9.06. The molecule has 1 fully saturated rings. The molecule has 0 atom stereocenters. The number of aromatic hydroxyl groups is 1. The Morgan fingerprint density at radius 2 is 2.31 bits per heavy atom. The molecular formula is C12H15N3O. The summed E-state index contributed by atoms with van der Waals surface area (Å²) < 4.78 is 1.96. The van der Waals surface area contributed by atoms with Crippen LogP contribution in [0.15, 0.2) is 24.5 Å². The van der Waals surface area contributed by atoms with Gasteiger partial charge in [-0.3, -0.25) is 4.40 Å². The van der Waals surface area contributed by atoms with Crippen molar-refractivity contribution in [1.29, 1.82) is 0 Å². The van der Waals surface area contributed by atoms with E-state index in [9.17, 15) is 5.11 Å². The number of pyridine rings is 1. The molecule has 4 heteroatoms. The van der Waals surface area contributed by atoms with E-state index in [4.69, 9.17) is 5.73 Å². The molecule has 16 heavy (non-hydrogen) atoms. The van der Waals surface area contributed by atoms with Crippen molar-refractivity contribution in [3.05, 3.63) is 30.4 Å². The van der Waals surface area contributed by atoms with Crippen LogP contribution in [-0.4, -0.2) is 21.0 Å². The van der Waals surface area contributed by atoms with Gasteiger partial charge in [-0.2, -0.15) is 0 Å². The molecule has 2 aromatic rings. The highest BCUT2D eigenvalue weighted by atomic mass is 16.3. The molecule has 4 nitrogen and oxygen atoms in total. The number of nitrogens with two attached hydrogens (primary N) is 1. The first kappa shape index (κ1) is 9.66. The molecule has 3 rings (SSSR count). The van der Waals surface area contributed by atoms with Crippen molar-refractivity contribution in [2.24, 2.45) is 5.73 Å². The Balaban J connectivity index is 2.21. The van der Waals surface area contributed by atoms with E-state index in [-0.39, 0.29) is 11.2 Å². The Hall–Kier alpha value is -1.55. The highest BCUT2D eigenvalue weighted by Gasteiger charge is 2.40. The zero-order valence-electron chi connectivity index (χ0n) is 9.06. The van der Waals surface area contributed by atoms with E-state index in [0.29, 0.717) is 6.54 Å². The third-order valence-corrected chi connectivity index (χ3v) is 3.72. The van der Waals surface area contributed by atoms with Gasteiger partial charge in [0.25, 0.3) is 0 Å². The summed E-state index contributed by atoms with van der Waals surface area (Å²) in [5.41, 5.74) is 6.66. The summed E-state index contributed by atoms with van der Waals surface area (Å²) in [6, 6.07) is 3.51. The summed E-state index contributed by atoms with van der Waals surface area (Å²) in [6.45, 7) is 0.627. The lowest BCUT2D eigenvalue weighted by Gasteiger charge is -2.39. The fourth-order valence-corrected chi connectivity index (χ4v) is 2.52. The summed E-state index contributed by atoms with van der Waals surface area (Å²) in [4.78, 5) is 4.44. The van der Waals surface area contributed by atoms with E-state index in [1.807, 2.05) is 16.7 Å². The second-order valence-corrected chi connectivity index (χ2v) is 4.57. The molecule has 84 valence electrons. The molecule has 0 saturated heterocycles. The monoisotopic (exact) mass is 217 g/mol. The summed E-state index contributed by atoms with van der Waals surface area (Å²) in [6.07, 6.45) is 7.06. The van der Waals surface area contributed by atoms with Gasteiger partial charge in [0.15, 0.2) is 0 Å². The quantitative estimate of drug-likeness (QED) is 0.799. The molecule has 0 aromatic carbocycles. The van der Waals surface area contributed by atoms with Gasteiger partial charge in [-0.25, -0.2) is 4.98 Å². The number of rotatable bonds is 2. The Morgan fingerprint density at radius 1 is 1.50 bits per heavy atom. The molecule has 0 radical (unpaired) electrons. The minimum Gasteiger partial charge on any atom is -0.506 e. The predicted octanol–water partition coefficient (Wildman–Crippen LogP) is 1.42. The van der Waals surface area contributed by atoms with Gasteiger partial charge >= 0.3 is 0 Å². The zero-order chi connectivity index (χ0) is 11.2. The predicted molar refractivity (Wildman–Crippen MR) is 61.4 cm³/mol. The summed E-state index contributed by atoms with van der Waals surface area (Å²) in [5.74, 6) is 1.26. The molecule has 3 N–H and O–H groups in total. The van der Waals surface area contributed by atoms with Crippen molar-refractivity contribution >= 4 is 5.52 Å². The van der Waals surface area contributed by atoms with Crippen LogP contribution >= 0.6 is 0 Å². The van der Waals surface area contributed by atoms with Crippen molar-refractivity contribution in [2.75, 3.05) is 6.54 Å². The van der Waals surface area contributed by atoms with E-state index in [1.54, 1.807) is 12.3 Å². The molecule has 0 spiro atoms. The lowest BCUT2D eigenvalue weighted by atomic mass is 9.68. The molecule has 2 heterocycles. The van der Waals surface area contributed by atoms with Crippen LogP contribution in [0, 0.1) is 0 Å². The lowest BCUT2D eigenvalue weighted by molar-refractivity contribution is 0.237. The molecular weight excluding hydrogens is 202 g/mol. The highest BCUT2D eigenvalue weighted by molar-refractivity contribution is 5.58. The minimum absolute atomic E-state index is 0.0280. The van der Waals surface area contributed by atoms with Gasteiger partial charge in [-0.15, -0.1) is 0 Å². The topological polar surface area (TPSA) is 63.5 Å². The molecule has 1 aliphatic rings. The van der Waals surface area contributed by atoms with Crippen LogP contribution in [0.4, 0.5) is 0 Å². The van der Waals surface area contributed by atoms with E-state index >= 15 is 0 Å². The Kier molecular flexibility index (Phi) is 1.94. The average Bonchev–Trinajstić information content (AvgIpc) is 2.64. The Bertz CT molecular complexity index is 523. The number of fused-ring (bicyclic) bond motifs is 1. The molecule has 0 bridgehead atoms. The number of nitrogens with zero attached hydrogens (tertiary/aromatic N) is 2. The second kappa shape index (κ2) is 3.22. The first-order valence-corrected chi connectivity index (χ1v) is 5.62. The van der Waals surface area contributed by atoms with Gasteiger partial charge in [-0.1, -0.05) is 6.42 Å². The lowest BCUT2D eigenvalue weighted by Crippen LogP contribution is -2.43. The number of aromatic nitrogens is 2. The molecule has 1 aliphatic carbocycles. The van der Waals surface area contributed by atoms with E-state index < -0.39 is 0 Å². The fourth-order valence-electron chi connectivity index (χ4n) is 2.52. The highest BCUT2D eigenvalue weighted by Crippen LogP contribution is 2.42. The van der Waals surface area contributed by atoms with Gasteiger partial charge in [0.2, 0.25) is 0 Å². The van der Waals surface area contributed by atoms with Gasteiger partial charge < -0.3 is 10.8 Å². The summed E-state index contributed by atoms with van der Waals surface area (Å²) in [7, 11) is 0. The van der Waals surface area contributed by atoms with Crippen molar-refractivity contribution in [1.82, 2.24) is 9.38 Å². The maximum absolute atomic E-state index is 9.72. The van der Waals surface area contributed by atoms with Crippen LogP contribution in [0.5, 0.6) is 5.75 Å².